The highest BCUT2D eigenvalue weighted by Gasteiger charge is 2.23. The quantitative estimate of drug-likeness (QED) is 0.783. The molecule has 0 unspecified atom stereocenters. The molecule has 0 radical (unpaired) electrons. The van der Waals surface area contributed by atoms with Crippen LogP contribution >= 0.6 is 11.8 Å². The summed E-state index contributed by atoms with van der Waals surface area (Å²) in [7, 11) is 2.09. The van der Waals surface area contributed by atoms with Gasteiger partial charge in [-0.25, -0.2) is 0 Å². The summed E-state index contributed by atoms with van der Waals surface area (Å²) in [5, 5.41) is 3.06. The minimum absolute atomic E-state index is 0.202. The minimum Gasteiger partial charge on any atom is -0.355 e. The molecule has 1 heterocycles. The number of nitrogens with zero attached hydrogens (tertiary/aromatic N) is 1. The summed E-state index contributed by atoms with van der Waals surface area (Å²) >= 11 is 1.90. The number of nitrogens with one attached hydrogen (secondary N) is 1. The Bertz CT molecular complexity index is 250. The molecule has 1 N–H and O–H groups in total. The second-order valence-electron chi connectivity index (χ2n) is 5.85. The van der Waals surface area contributed by atoms with Gasteiger partial charge in [0.2, 0.25) is 5.91 Å². The molecular weight excluding hydrogens is 232 g/mol. The molecule has 1 aliphatic rings. The van der Waals surface area contributed by atoms with Crippen molar-refractivity contribution in [2.75, 3.05) is 32.4 Å². The standard InChI is InChI=1S/C13H26N2OS/c1-13(2,3)17-9-7-14-12(16)11-6-5-8-15(4)10-11/h11H,5-10H2,1-4H3,(H,14,16)/t11-/m0/s1. The Morgan fingerprint density at radius 2 is 2.18 bits per heavy atom. The number of thioether (sulfide) groups is 1. The zero-order chi connectivity index (χ0) is 12.9. The number of carbonyl (C=O) groups excluding carboxylic acids is 1. The number of carbonyl (C=O) groups is 1. The first-order valence-electron chi connectivity index (χ1n) is 6.49. The van der Waals surface area contributed by atoms with Gasteiger partial charge in [-0.3, -0.25) is 4.79 Å². The van der Waals surface area contributed by atoms with E-state index in [1.54, 1.807) is 0 Å². The largest absolute Gasteiger partial charge is 0.355 e. The molecule has 0 spiro atoms. The summed E-state index contributed by atoms with van der Waals surface area (Å²) in [6.07, 6.45) is 2.19. The SMILES string of the molecule is CN1CCC[C@H](C(=O)NCCSC(C)(C)C)C1. The fourth-order valence-corrected chi connectivity index (χ4v) is 2.87. The van der Waals surface area contributed by atoms with Crippen LogP contribution in [0.2, 0.25) is 0 Å². The maximum absolute atomic E-state index is 11.9. The van der Waals surface area contributed by atoms with Crippen LogP contribution in [0.1, 0.15) is 33.6 Å². The lowest BCUT2D eigenvalue weighted by atomic mass is 9.98. The first-order chi connectivity index (χ1) is 7.88. The van der Waals surface area contributed by atoms with E-state index in [9.17, 15) is 4.79 Å². The molecule has 3 nitrogen and oxygen atoms in total. The van der Waals surface area contributed by atoms with Gasteiger partial charge in [0.25, 0.3) is 0 Å². The average molecular weight is 258 g/mol. The van der Waals surface area contributed by atoms with Crippen molar-refractivity contribution >= 4 is 17.7 Å². The molecule has 0 aromatic heterocycles. The fraction of sp³-hybridized carbons (Fsp3) is 0.923. The summed E-state index contributed by atoms with van der Waals surface area (Å²) in [5.41, 5.74) is 0. The zero-order valence-corrected chi connectivity index (χ0v) is 12.4. The van der Waals surface area contributed by atoms with Crippen LogP contribution in [-0.4, -0.2) is 48.0 Å². The van der Waals surface area contributed by atoms with E-state index in [1.165, 1.54) is 0 Å². The number of hydrogen-bond donors (Lipinski definition) is 1. The zero-order valence-electron chi connectivity index (χ0n) is 11.6. The molecule has 4 heteroatoms. The normalized spacial score (nSPS) is 22.5. The Labute approximate surface area is 110 Å². The molecule has 1 fully saturated rings. The number of amides is 1. The monoisotopic (exact) mass is 258 g/mol. The van der Waals surface area contributed by atoms with Crippen LogP contribution in [-0.2, 0) is 4.79 Å². The van der Waals surface area contributed by atoms with E-state index in [-0.39, 0.29) is 16.6 Å². The van der Waals surface area contributed by atoms with Crippen molar-refractivity contribution in [3.63, 3.8) is 0 Å². The van der Waals surface area contributed by atoms with E-state index in [2.05, 4.69) is 38.0 Å². The van der Waals surface area contributed by atoms with Crippen molar-refractivity contribution in [3.8, 4) is 0 Å². The molecule has 17 heavy (non-hydrogen) atoms. The highest BCUT2D eigenvalue weighted by Crippen LogP contribution is 2.22. The van der Waals surface area contributed by atoms with Gasteiger partial charge in [0.15, 0.2) is 0 Å². The molecule has 0 bridgehead atoms. The van der Waals surface area contributed by atoms with E-state index >= 15 is 0 Å². The minimum atomic E-state index is 0.202. The molecule has 0 saturated carbocycles. The predicted molar refractivity (Wildman–Crippen MR) is 75.4 cm³/mol. The van der Waals surface area contributed by atoms with Crippen LogP contribution < -0.4 is 5.32 Å². The van der Waals surface area contributed by atoms with Gasteiger partial charge in [-0.2, -0.15) is 11.8 Å². The summed E-state index contributed by atoms with van der Waals surface area (Å²) in [6.45, 7) is 9.45. The average Bonchev–Trinajstić information content (AvgIpc) is 2.23. The number of piperidine rings is 1. The fourth-order valence-electron chi connectivity index (χ4n) is 2.06. The smallest absolute Gasteiger partial charge is 0.224 e. The van der Waals surface area contributed by atoms with Crippen molar-refractivity contribution in [3.05, 3.63) is 0 Å². The van der Waals surface area contributed by atoms with Gasteiger partial charge in [-0.1, -0.05) is 20.8 Å². The highest BCUT2D eigenvalue weighted by atomic mass is 32.2. The third-order valence-electron chi connectivity index (χ3n) is 2.93. The first-order valence-corrected chi connectivity index (χ1v) is 7.47. The van der Waals surface area contributed by atoms with Crippen molar-refractivity contribution in [1.82, 2.24) is 10.2 Å². The van der Waals surface area contributed by atoms with Gasteiger partial charge in [-0.15, -0.1) is 0 Å². The summed E-state index contributed by atoms with van der Waals surface area (Å²) < 4.78 is 0.287. The summed E-state index contributed by atoms with van der Waals surface area (Å²) in [5.74, 6) is 1.44. The lowest BCUT2D eigenvalue weighted by Crippen LogP contribution is -2.42. The summed E-state index contributed by atoms with van der Waals surface area (Å²) in [6, 6.07) is 0. The Morgan fingerprint density at radius 3 is 2.76 bits per heavy atom. The van der Waals surface area contributed by atoms with Gasteiger partial charge in [0.1, 0.15) is 0 Å². The molecular formula is C13H26N2OS. The molecule has 0 aromatic carbocycles. The van der Waals surface area contributed by atoms with Crippen molar-refractivity contribution in [2.45, 2.75) is 38.4 Å². The Balaban J connectivity index is 2.16. The molecule has 1 amide bonds. The number of hydrogen-bond acceptors (Lipinski definition) is 3. The topological polar surface area (TPSA) is 32.3 Å². The van der Waals surface area contributed by atoms with Gasteiger partial charge in [0.05, 0.1) is 5.92 Å². The molecule has 1 aliphatic heterocycles. The molecule has 1 rings (SSSR count). The van der Waals surface area contributed by atoms with Crippen LogP contribution in [0.3, 0.4) is 0 Å². The van der Waals surface area contributed by atoms with E-state index in [0.717, 1.165) is 38.2 Å². The Hall–Kier alpha value is -0.220. The highest BCUT2D eigenvalue weighted by molar-refractivity contribution is 8.00. The molecule has 0 aromatic rings. The maximum atomic E-state index is 11.9. The van der Waals surface area contributed by atoms with E-state index in [4.69, 9.17) is 0 Å². The summed E-state index contributed by atoms with van der Waals surface area (Å²) in [4.78, 5) is 14.2. The molecule has 100 valence electrons. The van der Waals surface area contributed by atoms with Gasteiger partial charge in [0, 0.05) is 23.6 Å². The van der Waals surface area contributed by atoms with Crippen LogP contribution in [0.15, 0.2) is 0 Å². The maximum Gasteiger partial charge on any atom is 0.224 e. The van der Waals surface area contributed by atoms with Crippen LogP contribution in [0.5, 0.6) is 0 Å². The Kier molecular flexibility index (Phi) is 5.80. The van der Waals surface area contributed by atoms with E-state index < -0.39 is 0 Å². The molecule has 1 saturated heterocycles. The second kappa shape index (κ2) is 6.64. The van der Waals surface area contributed by atoms with Gasteiger partial charge in [-0.05, 0) is 26.4 Å². The van der Waals surface area contributed by atoms with E-state index in [1.807, 2.05) is 11.8 Å². The lowest BCUT2D eigenvalue weighted by molar-refractivity contribution is -0.126. The number of rotatable bonds is 4. The predicted octanol–water partition coefficient (Wildman–Crippen LogP) is 1.98. The van der Waals surface area contributed by atoms with Gasteiger partial charge < -0.3 is 10.2 Å². The van der Waals surface area contributed by atoms with Crippen molar-refractivity contribution in [1.29, 1.82) is 0 Å². The second-order valence-corrected chi connectivity index (χ2v) is 7.77. The lowest BCUT2D eigenvalue weighted by Gasteiger charge is -2.28. The Morgan fingerprint density at radius 1 is 1.47 bits per heavy atom. The van der Waals surface area contributed by atoms with Gasteiger partial charge >= 0.3 is 0 Å². The van der Waals surface area contributed by atoms with Crippen LogP contribution in [0.25, 0.3) is 0 Å². The first kappa shape index (κ1) is 14.8. The van der Waals surface area contributed by atoms with Crippen molar-refractivity contribution < 1.29 is 4.79 Å². The molecule has 1 atom stereocenters. The van der Waals surface area contributed by atoms with Crippen molar-refractivity contribution in [2.24, 2.45) is 5.92 Å². The third kappa shape index (κ3) is 6.32. The molecule has 0 aliphatic carbocycles. The van der Waals surface area contributed by atoms with E-state index in [0.29, 0.717) is 0 Å². The third-order valence-corrected chi connectivity index (χ3v) is 4.21. The van der Waals surface area contributed by atoms with Crippen LogP contribution in [0.4, 0.5) is 0 Å². The number of likely N-dealkylation sites (tertiary alicyclic amines) is 1. The van der Waals surface area contributed by atoms with Crippen LogP contribution in [0, 0.1) is 5.92 Å².